The molecule has 0 spiro atoms. The highest BCUT2D eigenvalue weighted by atomic mass is 16.3. The lowest BCUT2D eigenvalue weighted by Crippen LogP contribution is -2.37. The summed E-state index contributed by atoms with van der Waals surface area (Å²) < 4.78 is 0. The summed E-state index contributed by atoms with van der Waals surface area (Å²) in [6, 6.07) is 0.354. The number of aliphatic hydroxyl groups excluding tert-OH is 1. The van der Waals surface area contributed by atoms with Gasteiger partial charge in [0.25, 0.3) is 0 Å². The van der Waals surface area contributed by atoms with Crippen LogP contribution in [0.3, 0.4) is 0 Å². The third-order valence-corrected chi connectivity index (χ3v) is 1.91. The quantitative estimate of drug-likeness (QED) is 0.618. The molecule has 1 radical (unpaired) electrons. The fourth-order valence-corrected chi connectivity index (χ4v) is 1.14. The van der Waals surface area contributed by atoms with E-state index in [1.807, 2.05) is 6.92 Å². The second-order valence-corrected chi connectivity index (χ2v) is 4.05. The van der Waals surface area contributed by atoms with E-state index < -0.39 is 0 Å². The van der Waals surface area contributed by atoms with E-state index in [0.29, 0.717) is 12.6 Å². The van der Waals surface area contributed by atoms with Gasteiger partial charge in [0.2, 0.25) is 0 Å². The monoisotopic (exact) mass is 184 g/mol. The van der Waals surface area contributed by atoms with Crippen molar-refractivity contribution >= 4 is 0 Å². The first kappa shape index (κ1) is 12.7. The average molecular weight is 184 g/mol. The summed E-state index contributed by atoms with van der Waals surface area (Å²) in [5.74, 6) is 1.34. The Labute approximate surface area is 82.0 Å². The van der Waals surface area contributed by atoms with Gasteiger partial charge >= 0.3 is 0 Å². The topological polar surface area (TPSA) is 32.3 Å². The Morgan fingerprint density at radius 2 is 1.92 bits per heavy atom. The molecule has 0 fully saturated rings. The second-order valence-electron chi connectivity index (χ2n) is 4.05. The molecule has 0 amide bonds. The van der Waals surface area contributed by atoms with Gasteiger partial charge in [-0.3, -0.25) is 0 Å². The fourth-order valence-electron chi connectivity index (χ4n) is 1.14. The van der Waals surface area contributed by atoms with Crippen LogP contribution in [0.4, 0.5) is 0 Å². The number of hydrogen-bond donors (Lipinski definition) is 2. The lowest BCUT2D eigenvalue weighted by molar-refractivity contribution is 0.186. The van der Waals surface area contributed by atoms with E-state index in [0.717, 1.165) is 6.42 Å². The molecule has 0 rings (SSSR count). The molecular formula is C11H22NO. The molecule has 2 unspecified atom stereocenters. The smallest absolute Gasteiger partial charge is 0.0636 e. The van der Waals surface area contributed by atoms with Crippen LogP contribution < -0.4 is 5.32 Å². The molecule has 0 aromatic heterocycles. The van der Waals surface area contributed by atoms with E-state index >= 15 is 0 Å². The highest BCUT2D eigenvalue weighted by molar-refractivity contribution is 5.02. The van der Waals surface area contributed by atoms with Crippen LogP contribution in [0, 0.1) is 5.92 Å². The van der Waals surface area contributed by atoms with Gasteiger partial charge in [-0.25, -0.2) is 0 Å². The number of hydrogen-bond acceptors (Lipinski definition) is 2. The molecular weight excluding hydrogens is 162 g/mol. The molecule has 13 heavy (non-hydrogen) atoms. The van der Waals surface area contributed by atoms with Gasteiger partial charge in [-0.05, 0) is 26.2 Å². The van der Waals surface area contributed by atoms with Gasteiger partial charge in [0.05, 0.1) is 6.10 Å². The zero-order valence-electron chi connectivity index (χ0n) is 9.22. The highest BCUT2D eigenvalue weighted by Crippen LogP contribution is 2.12. The Balaban J connectivity index is 3.88. The van der Waals surface area contributed by atoms with Crippen molar-refractivity contribution in [3.8, 4) is 0 Å². The second kappa shape index (κ2) is 6.17. The molecule has 77 valence electrons. The number of rotatable bonds is 6. The first-order valence-corrected chi connectivity index (χ1v) is 4.79. The molecule has 2 atom stereocenters. The van der Waals surface area contributed by atoms with Gasteiger partial charge in [-0.15, -0.1) is 6.58 Å². The van der Waals surface area contributed by atoms with Crippen LogP contribution in [0.5, 0.6) is 0 Å². The van der Waals surface area contributed by atoms with Crippen LogP contribution >= 0.6 is 0 Å². The first-order chi connectivity index (χ1) is 5.93. The molecule has 2 N–H and O–H groups in total. The van der Waals surface area contributed by atoms with E-state index in [-0.39, 0.29) is 6.10 Å². The summed E-state index contributed by atoms with van der Waals surface area (Å²) in [6.45, 7) is 12.5. The maximum absolute atomic E-state index is 9.12. The minimum atomic E-state index is -0.285. The number of nitrogens with one attached hydrogen (secondary N) is 1. The third kappa shape index (κ3) is 6.79. The molecule has 0 aliphatic carbocycles. The van der Waals surface area contributed by atoms with E-state index in [1.54, 1.807) is 6.92 Å². The Hall–Kier alpha value is -0.340. The van der Waals surface area contributed by atoms with Crippen molar-refractivity contribution in [2.75, 3.05) is 6.54 Å². The molecule has 0 heterocycles. The van der Waals surface area contributed by atoms with Crippen LogP contribution in [0.15, 0.2) is 12.2 Å². The molecule has 2 nitrogen and oxygen atoms in total. The normalized spacial score (nSPS) is 15.8. The maximum atomic E-state index is 9.12. The van der Waals surface area contributed by atoms with Crippen LogP contribution in [-0.4, -0.2) is 23.8 Å². The van der Waals surface area contributed by atoms with Gasteiger partial charge in [-0.1, -0.05) is 19.4 Å². The Morgan fingerprint density at radius 1 is 1.38 bits per heavy atom. The zero-order chi connectivity index (χ0) is 10.4. The molecule has 2 heteroatoms. The first-order valence-electron chi connectivity index (χ1n) is 4.79. The zero-order valence-corrected chi connectivity index (χ0v) is 9.22. The van der Waals surface area contributed by atoms with Crippen molar-refractivity contribution in [1.29, 1.82) is 0 Å². The third-order valence-electron chi connectivity index (χ3n) is 1.91. The summed E-state index contributed by atoms with van der Waals surface area (Å²) in [5, 5.41) is 12.4. The van der Waals surface area contributed by atoms with Crippen molar-refractivity contribution in [1.82, 2.24) is 5.32 Å². The van der Waals surface area contributed by atoms with Gasteiger partial charge in [-0.2, -0.15) is 0 Å². The lowest BCUT2D eigenvalue weighted by atomic mass is 9.97. The van der Waals surface area contributed by atoms with E-state index in [4.69, 9.17) is 5.11 Å². The van der Waals surface area contributed by atoms with E-state index in [1.165, 1.54) is 11.5 Å². The Morgan fingerprint density at radius 3 is 2.23 bits per heavy atom. The number of aliphatic hydroxyl groups is 1. The molecule has 0 aromatic carbocycles. The Kier molecular flexibility index (Phi) is 6.00. The van der Waals surface area contributed by atoms with Crippen molar-refractivity contribution in [2.24, 2.45) is 0 Å². The van der Waals surface area contributed by atoms with Gasteiger partial charge in [0.1, 0.15) is 0 Å². The summed E-state index contributed by atoms with van der Waals surface area (Å²) in [4.78, 5) is 0. The average Bonchev–Trinajstić information content (AvgIpc) is 1.96. The van der Waals surface area contributed by atoms with Crippen molar-refractivity contribution in [2.45, 2.75) is 46.3 Å². The Bertz CT molecular complexity index is 152. The van der Waals surface area contributed by atoms with Crippen molar-refractivity contribution < 1.29 is 5.11 Å². The summed E-state index contributed by atoms with van der Waals surface area (Å²) >= 11 is 0. The molecule has 0 bridgehead atoms. The largest absolute Gasteiger partial charge is 0.392 e. The van der Waals surface area contributed by atoms with Crippen molar-refractivity contribution in [3.05, 3.63) is 18.1 Å². The maximum Gasteiger partial charge on any atom is 0.0636 e. The predicted molar refractivity (Wildman–Crippen MR) is 57.5 cm³/mol. The van der Waals surface area contributed by atoms with Crippen LogP contribution in [0.2, 0.25) is 0 Å². The molecule has 0 saturated heterocycles. The van der Waals surface area contributed by atoms with Crippen LogP contribution in [0.1, 0.15) is 34.1 Å². The highest BCUT2D eigenvalue weighted by Gasteiger charge is 2.13. The minimum absolute atomic E-state index is 0.285. The van der Waals surface area contributed by atoms with Gasteiger partial charge in [0.15, 0.2) is 0 Å². The summed E-state index contributed by atoms with van der Waals surface area (Å²) in [5.41, 5.74) is 1.17. The van der Waals surface area contributed by atoms with E-state index in [9.17, 15) is 0 Å². The standard InChI is InChI=1S/C11H22NO/c1-8(2)6-11(9(3)4)12-7-10(5)13/h10-13H,1,6-7H2,2-5H3. The van der Waals surface area contributed by atoms with Crippen LogP contribution in [-0.2, 0) is 0 Å². The summed E-state index contributed by atoms with van der Waals surface area (Å²) in [6.07, 6.45) is 0.668. The molecule has 0 saturated carbocycles. The van der Waals surface area contributed by atoms with Gasteiger partial charge in [0, 0.05) is 12.6 Å². The van der Waals surface area contributed by atoms with Crippen LogP contribution in [0.25, 0.3) is 0 Å². The SMILES string of the molecule is C=C(C)CC(NCC(C)O)[C](C)C. The lowest BCUT2D eigenvalue weighted by Gasteiger charge is -2.22. The predicted octanol–water partition coefficient (Wildman–Crippen LogP) is 1.91. The molecule has 0 aliphatic rings. The molecule has 0 aliphatic heterocycles. The molecule has 0 aromatic rings. The fraction of sp³-hybridized carbons (Fsp3) is 0.727. The van der Waals surface area contributed by atoms with Crippen molar-refractivity contribution in [3.63, 3.8) is 0 Å². The van der Waals surface area contributed by atoms with E-state index in [2.05, 4.69) is 25.7 Å². The minimum Gasteiger partial charge on any atom is -0.392 e. The van der Waals surface area contributed by atoms with Gasteiger partial charge < -0.3 is 10.4 Å². The summed E-state index contributed by atoms with van der Waals surface area (Å²) in [7, 11) is 0.